The molecule has 0 bridgehead atoms. The molecule has 1 radical (unpaired) electrons. The van der Waals surface area contributed by atoms with Crippen LogP contribution in [0, 0.1) is 18.3 Å². The molecule has 0 atom stereocenters. The SMILES string of the molecule is CCCCCCCCOc1ccc([CH]/C=C/[C@H]2CC[C@H](CCCCC)CC2)cc1. The Bertz CT molecular complexity index is 522. The molecule has 1 heteroatoms. The van der Waals surface area contributed by atoms with Gasteiger partial charge in [-0.15, -0.1) is 0 Å². The van der Waals surface area contributed by atoms with E-state index in [2.05, 4.69) is 56.7 Å². The lowest BCUT2D eigenvalue weighted by molar-refractivity contribution is 0.289. The lowest BCUT2D eigenvalue weighted by atomic mass is 9.79. The Balaban J connectivity index is 1.56. The monoisotopic (exact) mass is 397 g/mol. The van der Waals surface area contributed by atoms with Crippen LogP contribution in [0.2, 0.25) is 0 Å². The third kappa shape index (κ3) is 10.9. The first-order chi connectivity index (χ1) is 14.3. The maximum atomic E-state index is 5.88. The third-order valence-electron chi connectivity index (χ3n) is 6.43. The summed E-state index contributed by atoms with van der Waals surface area (Å²) < 4.78 is 5.88. The second-order valence-corrected chi connectivity index (χ2v) is 9.01. The van der Waals surface area contributed by atoms with E-state index in [1.165, 1.54) is 95.5 Å². The summed E-state index contributed by atoms with van der Waals surface area (Å²) in [7, 11) is 0. The highest BCUT2D eigenvalue weighted by molar-refractivity contribution is 5.34. The van der Waals surface area contributed by atoms with Crippen LogP contribution in [-0.4, -0.2) is 6.61 Å². The van der Waals surface area contributed by atoms with Crippen molar-refractivity contribution in [3.05, 3.63) is 48.4 Å². The Hall–Kier alpha value is -1.24. The van der Waals surface area contributed by atoms with Crippen LogP contribution in [-0.2, 0) is 0 Å². The van der Waals surface area contributed by atoms with Gasteiger partial charge in [-0.25, -0.2) is 0 Å². The van der Waals surface area contributed by atoms with Gasteiger partial charge in [0.15, 0.2) is 0 Å². The summed E-state index contributed by atoms with van der Waals surface area (Å²) in [5, 5.41) is 0. The van der Waals surface area contributed by atoms with E-state index in [0.717, 1.165) is 24.2 Å². The van der Waals surface area contributed by atoms with Crippen LogP contribution in [0.15, 0.2) is 36.4 Å². The fraction of sp³-hybridized carbons (Fsp3) is 0.679. The molecule has 1 aromatic rings. The molecule has 1 aliphatic rings. The van der Waals surface area contributed by atoms with Crippen molar-refractivity contribution in [1.29, 1.82) is 0 Å². The molecule has 1 aromatic carbocycles. The zero-order valence-corrected chi connectivity index (χ0v) is 19.2. The van der Waals surface area contributed by atoms with Crippen LogP contribution < -0.4 is 4.74 Å². The first-order valence-corrected chi connectivity index (χ1v) is 12.6. The van der Waals surface area contributed by atoms with Crippen LogP contribution in [0.3, 0.4) is 0 Å². The van der Waals surface area contributed by atoms with Gasteiger partial charge in [-0.1, -0.05) is 95.9 Å². The number of hydrogen-bond acceptors (Lipinski definition) is 1. The van der Waals surface area contributed by atoms with Crippen molar-refractivity contribution in [2.24, 2.45) is 11.8 Å². The summed E-state index contributed by atoms with van der Waals surface area (Å²) in [6.07, 6.45) is 26.1. The van der Waals surface area contributed by atoms with E-state index in [9.17, 15) is 0 Å². The van der Waals surface area contributed by atoms with E-state index in [0.29, 0.717) is 0 Å². The molecule has 0 spiro atoms. The van der Waals surface area contributed by atoms with Crippen LogP contribution in [0.5, 0.6) is 5.75 Å². The summed E-state index contributed by atoms with van der Waals surface area (Å²) in [6, 6.07) is 8.56. The van der Waals surface area contributed by atoms with Gasteiger partial charge < -0.3 is 4.74 Å². The number of ether oxygens (including phenoxy) is 1. The van der Waals surface area contributed by atoms with Crippen LogP contribution in [0.1, 0.15) is 109 Å². The predicted octanol–water partition coefficient (Wildman–Crippen LogP) is 8.92. The van der Waals surface area contributed by atoms with Crippen LogP contribution in [0.4, 0.5) is 0 Å². The van der Waals surface area contributed by atoms with Crippen molar-refractivity contribution in [2.45, 2.75) is 104 Å². The average molecular weight is 398 g/mol. The molecule has 0 aromatic heterocycles. The quantitative estimate of drug-likeness (QED) is 0.268. The van der Waals surface area contributed by atoms with Gasteiger partial charge in [0.25, 0.3) is 0 Å². The second-order valence-electron chi connectivity index (χ2n) is 9.01. The van der Waals surface area contributed by atoms with Gasteiger partial charge in [-0.05, 0) is 61.6 Å². The minimum absolute atomic E-state index is 0.786. The van der Waals surface area contributed by atoms with Gasteiger partial charge in [-0.2, -0.15) is 0 Å². The van der Waals surface area contributed by atoms with Crippen molar-refractivity contribution in [1.82, 2.24) is 0 Å². The topological polar surface area (TPSA) is 9.23 Å². The number of benzene rings is 1. The zero-order valence-electron chi connectivity index (χ0n) is 19.2. The molecule has 0 amide bonds. The van der Waals surface area contributed by atoms with E-state index in [1.807, 2.05) is 0 Å². The lowest BCUT2D eigenvalue weighted by Crippen LogP contribution is -2.13. The van der Waals surface area contributed by atoms with E-state index in [-0.39, 0.29) is 0 Å². The molecule has 0 heterocycles. The Labute approximate surface area is 181 Å². The molecule has 2 rings (SSSR count). The molecule has 163 valence electrons. The molecule has 29 heavy (non-hydrogen) atoms. The van der Waals surface area contributed by atoms with Crippen molar-refractivity contribution < 1.29 is 4.74 Å². The molecule has 0 saturated heterocycles. The van der Waals surface area contributed by atoms with E-state index in [4.69, 9.17) is 4.74 Å². The maximum Gasteiger partial charge on any atom is 0.119 e. The Kier molecular flexibility index (Phi) is 12.9. The Morgan fingerprint density at radius 1 is 0.793 bits per heavy atom. The molecular formula is C28H45O. The summed E-state index contributed by atoms with van der Waals surface area (Å²) in [5.74, 6) is 2.79. The highest BCUT2D eigenvalue weighted by atomic mass is 16.5. The summed E-state index contributed by atoms with van der Waals surface area (Å²) in [5.41, 5.74) is 1.27. The summed E-state index contributed by atoms with van der Waals surface area (Å²) in [4.78, 5) is 0. The number of allylic oxidation sites excluding steroid dienone is 2. The van der Waals surface area contributed by atoms with E-state index in [1.54, 1.807) is 0 Å². The Morgan fingerprint density at radius 3 is 2.17 bits per heavy atom. The molecule has 1 aliphatic carbocycles. The van der Waals surface area contributed by atoms with Gasteiger partial charge in [-0.3, -0.25) is 0 Å². The minimum atomic E-state index is 0.786. The van der Waals surface area contributed by atoms with Gasteiger partial charge in [0, 0.05) is 6.42 Å². The van der Waals surface area contributed by atoms with Crippen molar-refractivity contribution in [2.75, 3.05) is 6.61 Å². The number of unbranched alkanes of at least 4 members (excludes halogenated alkanes) is 7. The van der Waals surface area contributed by atoms with E-state index >= 15 is 0 Å². The maximum absolute atomic E-state index is 5.88. The predicted molar refractivity (Wildman–Crippen MR) is 127 cm³/mol. The highest BCUT2D eigenvalue weighted by Crippen LogP contribution is 2.32. The Morgan fingerprint density at radius 2 is 1.45 bits per heavy atom. The fourth-order valence-electron chi connectivity index (χ4n) is 4.42. The first kappa shape index (κ1) is 24.0. The van der Waals surface area contributed by atoms with Crippen LogP contribution >= 0.6 is 0 Å². The van der Waals surface area contributed by atoms with Crippen molar-refractivity contribution in [3.63, 3.8) is 0 Å². The van der Waals surface area contributed by atoms with Crippen molar-refractivity contribution in [3.8, 4) is 5.75 Å². The molecule has 0 N–H and O–H groups in total. The number of rotatable bonds is 15. The molecule has 0 unspecified atom stereocenters. The van der Waals surface area contributed by atoms with Gasteiger partial charge in [0.05, 0.1) is 6.61 Å². The normalized spacial score (nSPS) is 19.7. The number of hydrogen-bond donors (Lipinski definition) is 0. The largest absolute Gasteiger partial charge is 0.494 e. The van der Waals surface area contributed by atoms with Gasteiger partial charge in [0.2, 0.25) is 0 Å². The molecule has 1 saturated carbocycles. The molecule has 0 aliphatic heterocycles. The molecule has 1 fully saturated rings. The smallest absolute Gasteiger partial charge is 0.119 e. The minimum Gasteiger partial charge on any atom is -0.494 e. The molecule has 1 nitrogen and oxygen atoms in total. The second kappa shape index (κ2) is 15.6. The fourth-order valence-corrected chi connectivity index (χ4v) is 4.42. The summed E-state index contributed by atoms with van der Waals surface area (Å²) in [6.45, 7) is 5.41. The van der Waals surface area contributed by atoms with Crippen molar-refractivity contribution >= 4 is 0 Å². The third-order valence-corrected chi connectivity index (χ3v) is 6.43. The van der Waals surface area contributed by atoms with Gasteiger partial charge >= 0.3 is 0 Å². The molecular weight excluding hydrogens is 352 g/mol. The van der Waals surface area contributed by atoms with Crippen LogP contribution in [0.25, 0.3) is 0 Å². The lowest BCUT2D eigenvalue weighted by Gasteiger charge is -2.26. The standard InChI is InChI=1S/C28H45O/c1-3-5-7-8-9-11-24-29-28-22-20-27(21-23-28)15-12-14-26-18-16-25(17-19-26)13-10-6-4-2/h12,14-15,20-23,25-26H,3-11,13,16-19,24H2,1-2H3/b14-12+/t25-,26-. The average Bonchev–Trinajstić information content (AvgIpc) is 2.75. The van der Waals surface area contributed by atoms with Gasteiger partial charge in [0.1, 0.15) is 5.75 Å². The van der Waals surface area contributed by atoms with E-state index < -0.39 is 0 Å². The zero-order chi connectivity index (χ0) is 20.6. The first-order valence-electron chi connectivity index (χ1n) is 12.6. The highest BCUT2D eigenvalue weighted by Gasteiger charge is 2.18. The summed E-state index contributed by atoms with van der Waals surface area (Å²) >= 11 is 0.